The molecule has 1 saturated heterocycles. The highest BCUT2D eigenvalue weighted by atomic mass is 19.4. The van der Waals surface area contributed by atoms with Crippen molar-refractivity contribution in [1.29, 1.82) is 5.26 Å². The van der Waals surface area contributed by atoms with Gasteiger partial charge >= 0.3 is 6.18 Å². The van der Waals surface area contributed by atoms with Gasteiger partial charge in [-0.05, 0) is 0 Å². The lowest BCUT2D eigenvalue weighted by Crippen LogP contribution is -2.47. The number of ether oxygens (including phenoxy) is 1. The summed E-state index contributed by atoms with van der Waals surface area (Å²) in [5.41, 5.74) is 0. The largest absolute Gasteiger partial charge is 0.411 e. The molecule has 0 aromatic rings. The van der Waals surface area contributed by atoms with Crippen LogP contribution in [0.1, 0.15) is 0 Å². The van der Waals surface area contributed by atoms with Crippen LogP contribution in [-0.4, -0.2) is 68.5 Å². The van der Waals surface area contributed by atoms with E-state index in [0.29, 0.717) is 13.1 Å². The van der Waals surface area contributed by atoms with Crippen LogP contribution in [0.5, 0.6) is 0 Å². The maximum Gasteiger partial charge on any atom is 0.411 e. The van der Waals surface area contributed by atoms with E-state index in [1.54, 1.807) is 0 Å². The minimum Gasteiger partial charge on any atom is -0.371 e. The molecule has 1 aliphatic heterocycles. The van der Waals surface area contributed by atoms with E-state index in [9.17, 15) is 13.2 Å². The van der Waals surface area contributed by atoms with Crippen molar-refractivity contribution in [2.24, 2.45) is 0 Å². The Morgan fingerprint density at radius 3 is 2.24 bits per heavy atom. The van der Waals surface area contributed by atoms with Gasteiger partial charge in [-0.1, -0.05) is 0 Å². The Bertz CT molecular complexity index is 257. The van der Waals surface area contributed by atoms with Gasteiger partial charge in [-0.3, -0.25) is 9.80 Å². The summed E-state index contributed by atoms with van der Waals surface area (Å²) in [6, 6.07) is 2.08. The van der Waals surface area contributed by atoms with Crippen LogP contribution in [-0.2, 0) is 4.74 Å². The Labute approximate surface area is 98.5 Å². The van der Waals surface area contributed by atoms with Crippen LogP contribution >= 0.6 is 0 Å². The molecule has 7 heteroatoms. The predicted octanol–water partition coefficient (Wildman–Crippen LogP) is 0.706. The van der Waals surface area contributed by atoms with Crippen LogP contribution in [0.4, 0.5) is 13.2 Å². The van der Waals surface area contributed by atoms with Crippen molar-refractivity contribution in [1.82, 2.24) is 9.80 Å². The van der Waals surface area contributed by atoms with Gasteiger partial charge in [0.05, 0.1) is 19.2 Å². The Morgan fingerprint density at radius 1 is 1.12 bits per heavy atom. The van der Waals surface area contributed by atoms with Gasteiger partial charge < -0.3 is 4.74 Å². The molecule has 0 spiro atoms. The van der Waals surface area contributed by atoms with E-state index in [0.717, 1.165) is 26.2 Å². The topological polar surface area (TPSA) is 39.5 Å². The molecule has 0 aromatic carbocycles. The summed E-state index contributed by atoms with van der Waals surface area (Å²) in [4.78, 5) is 4.07. The number of nitriles is 1. The van der Waals surface area contributed by atoms with E-state index in [2.05, 4.69) is 10.8 Å². The minimum absolute atomic E-state index is 0.0950. The second-order valence-electron chi connectivity index (χ2n) is 3.94. The van der Waals surface area contributed by atoms with E-state index in [1.807, 2.05) is 9.80 Å². The highest BCUT2D eigenvalue weighted by molar-refractivity contribution is 4.80. The molecule has 0 aromatic heterocycles. The summed E-state index contributed by atoms with van der Waals surface area (Å²) in [6.45, 7) is 2.96. The van der Waals surface area contributed by atoms with Crippen LogP contribution < -0.4 is 0 Å². The number of nitrogens with zero attached hydrogens (tertiary/aromatic N) is 3. The summed E-state index contributed by atoms with van der Waals surface area (Å²) < 4.78 is 39.9. The highest BCUT2D eigenvalue weighted by Crippen LogP contribution is 2.14. The van der Waals surface area contributed by atoms with Crippen LogP contribution in [0.2, 0.25) is 0 Å². The second kappa shape index (κ2) is 6.79. The SMILES string of the molecule is N#CCN1CCN(CCOCC(F)(F)F)CC1. The Morgan fingerprint density at radius 2 is 1.71 bits per heavy atom. The first-order chi connectivity index (χ1) is 8.01. The van der Waals surface area contributed by atoms with E-state index in [1.165, 1.54) is 0 Å². The van der Waals surface area contributed by atoms with Crippen LogP contribution in [0.15, 0.2) is 0 Å². The lowest BCUT2D eigenvalue weighted by atomic mass is 10.3. The Balaban J connectivity index is 2.05. The molecule has 0 bridgehead atoms. The average molecular weight is 251 g/mol. The standard InChI is InChI=1S/C10H16F3N3O/c11-10(12,13)9-17-8-7-16-5-3-15(2-1-14)4-6-16/h2-9H2. The van der Waals surface area contributed by atoms with Crippen molar-refractivity contribution in [2.45, 2.75) is 6.18 Å². The average Bonchev–Trinajstić information content (AvgIpc) is 2.26. The van der Waals surface area contributed by atoms with Crippen molar-refractivity contribution in [2.75, 3.05) is 52.5 Å². The van der Waals surface area contributed by atoms with Crippen molar-refractivity contribution in [3.8, 4) is 6.07 Å². The Kier molecular flexibility index (Phi) is 5.68. The molecule has 1 heterocycles. The minimum atomic E-state index is -4.24. The van der Waals surface area contributed by atoms with Gasteiger partial charge in [0.2, 0.25) is 0 Å². The van der Waals surface area contributed by atoms with Crippen LogP contribution in [0.25, 0.3) is 0 Å². The summed E-state index contributed by atoms with van der Waals surface area (Å²) in [5.74, 6) is 0. The molecule has 98 valence electrons. The third kappa shape index (κ3) is 6.46. The van der Waals surface area contributed by atoms with Crippen molar-refractivity contribution in [3.63, 3.8) is 0 Å². The van der Waals surface area contributed by atoms with Crippen LogP contribution in [0.3, 0.4) is 0 Å². The molecule has 0 atom stereocenters. The Hall–Kier alpha value is -0.840. The van der Waals surface area contributed by atoms with Crippen molar-refractivity contribution >= 4 is 0 Å². The van der Waals surface area contributed by atoms with Gasteiger partial charge in [0.15, 0.2) is 0 Å². The van der Waals surface area contributed by atoms with Crippen LogP contribution in [0, 0.1) is 11.3 Å². The first-order valence-corrected chi connectivity index (χ1v) is 5.47. The molecule has 17 heavy (non-hydrogen) atoms. The third-order valence-corrected chi connectivity index (χ3v) is 2.58. The maximum absolute atomic E-state index is 11.8. The molecule has 4 nitrogen and oxygen atoms in total. The van der Waals surface area contributed by atoms with E-state index >= 15 is 0 Å². The number of rotatable bonds is 5. The number of piperazine rings is 1. The number of hydrogen-bond donors (Lipinski definition) is 0. The van der Waals surface area contributed by atoms with E-state index in [4.69, 9.17) is 5.26 Å². The van der Waals surface area contributed by atoms with Gasteiger partial charge in [0.25, 0.3) is 0 Å². The molecular weight excluding hydrogens is 235 g/mol. The molecule has 0 amide bonds. The molecule has 1 rings (SSSR count). The fraction of sp³-hybridized carbons (Fsp3) is 0.900. The van der Waals surface area contributed by atoms with Gasteiger partial charge in [-0.25, -0.2) is 0 Å². The summed E-state index contributed by atoms with van der Waals surface area (Å²) in [7, 11) is 0. The monoisotopic (exact) mass is 251 g/mol. The zero-order chi connectivity index (χ0) is 12.7. The zero-order valence-corrected chi connectivity index (χ0v) is 9.54. The molecule has 1 fully saturated rings. The second-order valence-corrected chi connectivity index (χ2v) is 3.94. The van der Waals surface area contributed by atoms with Gasteiger partial charge in [-0.15, -0.1) is 0 Å². The fourth-order valence-electron chi connectivity index (χ4n) is 1.65. The lowest BCUT2D eigenvalue weighted by molar-refractivity contribution is -0.174. The first kappa shape index (κ1) is 14.2. The molecule has 0 radical (unpaired) electrons. The zero-order valence-electron chi connectivity index (χ0n) is 9.54. The number of alkyl halides is 3. The smallest absolute Gasteiger partial charge is 0.371 e. The molecule has 0 unspecified atom stereocenters. The van der Waals surface area contributed by atoms with Gasteiger partial charge in [0.1, 0.15) is 6.61 Å². The third-order valence-electron chi connectivity index (χ3n) is 2.58. The van der Waals surface area contributed by atoms with E-state index in [-0.39, 0.29) is 6.61 Å². The fourth-order valence-corrected chi connectivity index (χ4v) is 1.65. The van der Waals surface area contributed by atoms with Crippen molar-refractivity contribution < 1.29 is 17.9 Å². The lowest BCUT2D eigenvalue weighted by Gasteiger charge is -2.33. The first-order valence-electron chi connectivity index (χ1n) is 5.47. The van der Waals surface area contributed by atoms with Crippen molar-refractivity contribution in [3.05, 3.63) is 0 Å². The molecule has 1 aliphatic rings. The summed E-state index contributed by atoms with van der Waals surface area (Å²) in [5, 5.41) is 8.50. The molecule has 0 N–H and O–H groups in total. The quantitative estimate of drug-likeness (QED) is 0.533. The van der Waals surface area contributed by atoms with Gasteiger partial charge in [0, 0.05) is 32.7 Å². The van der Waals surface area contributed by atoms with Gasteiger partial charge in [-0.2, -0.15) is 18.4 Å². The summed E-state index contributed by atoms with van der Waals surface area (Å²) in [6.07, 6.45) is -4.24. The number of hydrogen-bond acceptors (Lipinski definition) is 4. The number of halogens is 3. The normalized spacial score (nSPS) is 19.2. The molecule has 0 aliphatic carbocycles. The molecular formula is C10H16F3N3O. The summed E-state index contributed by atoms with van der Waals surface area (Å²) >= 11 is 0. The van der Waals surface area contributed by atoms with E-state index < -0.39 is 12.8 Å². The molecule has 0 saturated carbocycles. The highest BCUT2D eigenvalue weighted by Gasteiger charge is 2.27. The predicted molar refractivity (Wildman–Crippen MR) is 55.4 cm³/mol. The maximum atomic E-state index is 11.8.